The second kappa shape index (κ2) is 14.0. The van der Waals surface area contributed by atoms with E-state index in [1.807, 2.05) is 24.3 Å². The van der Waals surface area contributed by atoms with E-state index in [1.54, 1.807) is 24.3 Å². The smallest absolute Gasteiger partial charge is 0.339 e. The lowest BCUT2D eigenvalue weighted by Crippen LogP contribution is -2.14. The number of hydrogen-bond acceptors (Lipinski definition) is 10. The first kappa shape index (κ1) is 35.3. The maximum Gasteiger partial charge on any atom is 0.339 e. The summed E-state index contributed by atoms with van der Waals surface area (Å²) in [5.74, 6) is -3.78. The first-order chi connectivity index (χ1) is 24.7. The zero-order valence-electron chi connectivity index (χ0n) is 26.9. The molecule has 16 heteroatoms. The predicted octanol–water partition coefficient (Wildman–Crippen LogP) is 5.93. The second-order valence-corrected chi connectivity index (χ2v) is 15.0. The van der Waals surface area contributed by atoms with Crippen LogP contribution in [-0.4, -0.2) is 62.3 Å². The lowest BCUT2D eigenvalue weighted by molar-refractivity contribution is 0.0682. The second-order valence-electron chi connectivity index (χ2n) is 11.6. The summed E-state index contributed by atoms with van der Waals surface area (Å²) in [5, 5.41) is 47.4. The fourth-order valence-corrected chi connectivity index (χ4v) is 7.56. The van der Waals surface area contributed by atoms with Crippen LogP contribution in [0.25, 0.3) is 21.5 Å². The lowest BCUT2D eigenvalue weighted by atomic mass is 10.1. The van der Waals surface area contributed by atoms with Gasteiger partial charge in [0.15, 0.2) is 0 Å². The molecule has 0 amide bonds. The SMILES string of the molecule is O=C(O)c1cc(NS(=O)(=O)c2ccc3ccc(NCCNc4ccc5ccc(S(=O)(=O)Nc6ccc(O)c(C(=O)O)c6)cc5c4)cc3c2)ccc1O. The molecule has 0 radical (unpaired) electrons. The van der Waals surface area contributed by atoms with E-state index in [-0.39, 0.29) is 21.2 Å². The molecule has 0 aliphatic carbocycles. The van der Waals surface area contributed by atoms with Crippen molar-refractivity contribution in [2.24, 2.45) is 0 Å². The maximum absolute atomic E-state index is 13.1. The summed E-state index contributed by atoms with van der Waals surface area (Å²) in [5.41, 5.74) is 0.540. The number of benzene rings is 6. The Morgan fingerprint density at radius 3 is 1.21 bits per heavy atom. The number of aromatic hydroxyl groups is 2. The van der Waals surface area contributed by atoms with Crippen molar-refractivity contribution >= 4 is 76.3 Å². The van der Waals surface area contributed by atoms with Crippen LogP contribution in [0.1, 0.15) is 20.7 Å². The van der Waals surface area contributed by atoms with Gasteiger partial charge < -0.3 is 31.1 Å². The van der Waals surface area contributed by atoms with Gasteiger partial charge in [-0.15, -0.1) is 0 Å². The van der Waals surface area contributed by atoms with E-state index >= 15 is 0 Å². The predicted molar refractivity (Wildman–Crippen MR) is 197 cm³/mol. The van der Waals surface area contributed by atoms with E-state index in [2.05, 4.69) is 20.1 Å². The normalized spacial score (nSPS) is 11.6. The van der Waals surface area contributed by atoms with Crippen LogP contribution in [0.2, 0.25) is 0 Å². The van der Waals surface area contributed by atoms with Gasteiger partial charge in [-0.3, -0.25) is 9.44 Å². The van der Waals surface area contributed by atoms with Crippen molar-refractivity contribution in [3.63, 3.8) is 0 Å². The molecule has 14 nitrogen and oxygen atoms in total. The summed E-state index contributed by atoms with van der Waals surface area (Å²) >= 11 is 0. The molecule has 266 valence electrons. The standard InChI is InChI=1S/C36H30N4O10S2/c41-33-11-7-27(19-31(33)35(43)44)39-51(47,48)29-9-3-21-1-5-25(15-23(21)17-29)37-13-14-38-26-6-2-22-4-10-30(18-24(22)16-26)52(49,50)40-28-8-12-34(42)32(20-28)36(45)46/h1-12,15-20,37-42H,13-14H2,(H,43,44)(H,45,46). The first-order valence-corrected chi connectivity index (χ1v) is 18.4. The first-order valence-electron chi connectivity index (χ1n) is 15.4. The third-order valence-corrected chi connectivity index (χ3v) is 10.7. The molecular formula is C36H30N4O10S2. The minimum atomic E-state index is -4.09. The number of hydrogen-bond donors (Lipinski definition) is 8. The van der Waals surface area contributed by atoms with E-state index in [4.69, 9.17) is 0 Å². The number of carbonyl (C=O) groups is 2. The highest BCUT2D eigenvalue weighted by atomic mass is 32.2. The van der Waals surface area contributed by atoms with Gasteiger partial charge in [-0.2, -0.15) is 0 Å². The maximum atomic E-state index is 13.1. The van der Waals surface area contributed by atoms with Crippen molar-refractivity contribution in [3.05, 3.63) is 120 Å². The molecule has 0 bridgehead atoms. The van der Waals surface area contributed by atoms with Crippen molar-refractivity contribution in [1.29, 1.82) is 0 Å². The van der Waals surface area contributed by atoms with Crippen LogP contribution in [0.15, 0.2) is 119 Å². The number of aromatic carboxylic acids is 2. The summed E-state index contributed by atoms with van der Waals surface area (Å²) in [4.78, 5) is 22.6. The molecule has 52 heavy (non-hydrogen) atoms. The Labute approximate surface area is 297 Å². The molecule has 0 aromatic heterocycles. The fourth-order valence-electron chi connectivity index (χ4n) is 5.39. The number of sulfonamides is 2. The van der Waals surface area contributed by atoms with Crippen LogP contribution in [0.5, 0.6) is 11.5 Å². The molecule has 0 aliphatic rings. The Kier molecular flexibility index (Phi) is 9.51. The third-order valence-electron chi connectivity index (χ3n) is 7.99. The Bertz CT molecular complexity index is 2430. The topological polar surface area (TPSA) is 231 Å². The van der Waals surface area contributed by atoms with Crippen LogP contribution >= 0.6 is 0 Å². The quantitative estimate of drug-likeness (QED) is 0.0509. The molecule has 0 spiro atoms. The minimum absolute atomic E-state index is 0.0182. The molecule has 0 atom stereocenters. The van der Waals surface area contributed by atoms with Gasteiger partial charge >= 0.3 is 11.9 Å². The van der Waals surface area contributed by atoms with Crippen LogP contribution < -0.4 is 20.1 Å². The van der Waals surface area contributed by atoms with Gasteiger partial charge in [0.25, 0.3) is 20.0 Å². The van der Waals surface area contributed by atoms with Crippen molar-refractivity contribution in [2.45, 2.75) is 9.79 Å². The Hall–Kier alpha value is -6.52. The molecule has 8 N–H and O–H groups in total. The summed E-state index contributed by atoms with van der Waals surface area (Å²) in [6, 6.07) is 26.9. The van der Waals surface area contributed by atoms with E-state index in [0.717, 1.165) is 46.4 Å². The van der Waals surface area contributed by atoms with Gasteiger partial charge in [-0.05, 0) is 106 Å². The van der Waals surface area contributed by atoms with E-state index in [1.165, 1.54) is 36.4 Å². The average Bonchev–Trinajstić information content (AvgIpc) is 3.10. The van der Waals surface area contributed by atoms with Crippen LogP contribution in [0, 0.1) is 0 Å². The van der Waals surface area contributed by atoms with Crippen LogP contribution in [0.3, 0.4) is 0 Å². The zero-order valence-corrected chi connectivity index (χ0v) is 28.5. The highest BCUT2D eigenvalue weighted by Gasteiger charge is 2.19. The number of carboxylic acid groups (broad SMARTS) is 2. The molecule has 6 aromatic carbocycles. The largest absolute Gasteiger partial charge is 0.507 e. The van der Waals surface area contributed by atoms with Gasteiger partial charge in [0.05, 0.1) is 9.79 Å². The van der Waals surface area contributed by atoms with Gasteiger partial charge in [0.1, 0.15) is 22.6 Å². The van der Waals surface area contributed by atoms with Crippen LogP contribution in [-0.2, 0) is 20.0 Å². The molecule has 6 rings (SSSR count). The van der Waals surface area contributed by atoms with E-state index in [0.29, 0.717) is 23.9 Å². The molecule has 0 heterocycles. The number of anilines is 4. The van der Waals surface area contributed by atoms with E-state index in [9.17, 15) is 46.9 Å². The number of nitrogens with one attached hydrogen (secondary N) is 4. The molecular weight excluding hydrogens is 713 g/mol. The molecule has 0 unspecified atom stereocenters. The van der Waals surface area contributed by atoms with Crippen molar-refractivity contribution in [3.8, 4) is 11.5 Å². The molecule has 0 fully saturated rings. The molecule has 6 aromatic rings. The van der Waals surface area contributed by atoms with Crippen molar-refractivity contribution in [1.82, 2.24) is 0 Å². The summed E-state index contributed by atoms with van der Waals surface area (Å²) in [7, 11) is -8.18. The highest BCUT2D eigenvalue weighted by molar-refractivity contribution is 7.93. The number of carboxylic acids is 2. The summed E-state index contributed by atoms with van der Waals surface area (Å²) in [6.45, 7) is 0.943. The van der Waals surface area contributed by atoms with Gasteiger partial charge in [-0.25, -0.2) is 26.4 Å². The molecule has 0 saturated heterocycles. The minimum Gasteiger partial charge on any atom is -0.507 e. The Morgan fingerprint density at radius 2 is 0.827 bits per heavy atom. The van der Waals surface area contributed by atoms with Gasteiger partial charge in [-0.1, -0.05) is 24.3 Å². The number of phenols is 2. The number of fused-ring (bicyclic) bond motifs is 2. The van der Waals surface area contributed by atoms with Gasteiger partial charge in [0, 0.05) is 35.8 Å². The van der Waals surface area contributed by atoms with Crippen LogP contribution in [0.4, 0.5) is 22.7 Å². The molecule has 0 aliphatic heterocycles. The highest BCUT2D eigenvalue weighted by Crippen LogP contribution is 2.28. The van der Waals surface area contributed by atoms with Gasteiger partial charge in [0.2, 0.25) is 0 Å². The Morgan fingerprint density at radius 1 is 0.462 bits per heavy atom. The summed E-state index contributed by atoms with van der Waals surface area (Å²) in [6.07, 6.45) is 0. The molecule has 0 saturated carbocycles. The summed E-state index contributed by atoms with van der Waals surface area (Å²) < 4.78 is 57.1. The fraction of sp³-hybridized carbons (Fsp3) is 0.0556. The third kappa shape index (κ3) is 7.77. The lowest BCUT2D eigenvalue weighted by Gasteiger charge is -2.13. The van der Waals surface area contributed by atoms with Crippen molar-refractivity contribution in [2.75, 3.05) is 33.2 Å². The number of rotatable bonds is 13. The average molecular weight is 743 g/mol. The van der Waals surface area contributed by atoms with E-state index < -0.39 is 54.6 Å². The Balaban J connectivity index is 1.10. The van der Waals surface area contributed by atoms with Crippen molar-refractivity contribution < 1.29 is 46.9 Å². The zero-order chi connectivity index (χ0) is 37.2. The monoisotopic (exact) mass is 742 g/mol.